The van der Waals surface area contributed by atoms with Crippen LogP contribution in [0, 0.1) is 0 Å². The van der Waals surface area contributed by atoms with Gasteiger partial charge in [-0.2, -0.15) is 5.10 Å². The smallest absolute Gasteiger partial charge is 0.138 e. The number of benzene rings is 1. The van der Waals surface area contributed by atoms with Gasteiger partial charge in [0.2, 0.25) is 0 Å². The van der Waals surface area contributed by atoms with Gasteiger partial charge in [0.25, 0.3) is 0 Å². The van der Waals surface area contributed by atoms with Crippen molar-refractivity contribution >= 4 is 23.2 Å². The zero-order valence-electron chi connectivity index (χ0n) is 9.95. The summed E-state index contributed by atoms with van der Waals surface area (Å²) in [6.45, 7) is 2.75. The summed E-state index contributed by atoms with van der Waals surface area (Å²) in [5.41, 5.74) is 1.12. The Bertz CT molecular complexity index is 499. The van der Waals surface area contributed by atoms with E-state index in [4.69, 9.17) is 23.2 Å². The molecule has 0 aliphatic heterocycles. The third-order valence-corrected chi connectivity index (χ3v) is 3.47. The number of hydrogen-bond acceptors (Lipinski definition) is 3. The molecule has 96 valence electrons. The Labute approximate surface area is 116 Å². The van der Waals surface area contributed by atoms with Crippen LogP contribution in [0.3, 0.4) is 0 Å². The number of nitrogens with zero attached hydrogens (tertiary/aromatic N) is 2. The maximum absolute atomic E-state index is 6.03. The summed E-state index contributed by atoms with van der Waals surface area (Å²) in [5.74, 6) is 0.813. The fourth-order valence-corrected chi connectivity index (χ4v) is 2.07. The van der Waals surface area contributed by atoms with Crippen LogP contribution in [0.25, 0.3) is 0 Å². The molecule has 2 rings (SSSR count). The maximum atomic E-state index is 6.03. The third-order valence-electron chi connectivity index (χ3n) is 2.74. The first kappa shape index (κ1) is 13.3. The van der Waals surface area contributed by atoms with Crippen LogP contribution in [0.4, 0.5) is 0 Å². The van der Waals surface area contributed by atoms with Crippen LogP contribution in [-0.4, -0.2) is 15.2 Å². The maximum Gasteiger partial charge on any atom is 0.138 e. The van der Waals surface area contributed by atoms with Crippen molar-refractivity contribution in [1.82, 2.24) is 20.5 Å². The van der Waals surface area contributed by atoms with Crippen LogP contribution in [0.2, 0.25) is 10.0 Å². The third kappa shape index (κ3) is 3.22. The van der Waals surface area contributed by atoms with E-state index < -0.39 is 0 Å². The zero-order valence-corrected chi connectivity index (χ0v) is 11.5. The van der Waals surface area contributed by atoms with Gasteiger partial charge in [-0.1, -0.05) is 36.2 Å². The molecule has 1 aromatic heterocycles. The average molecular weight is 285 g/mol. The molecule has 4 nitrogen and oxygen atoms in total. The molecule has 1 heterocycles. The van der Waals surface area contributed by atoms with E-state index in [9.17, 15) is 0 Å². The highest BCUT2D eigenvalue weighted by atomic mass is 35.5. The Kier molecular flexibility index (Phi) is 4.58. The van der Waals surface area contributed by atoms with E-state index in [1.165, 1.54) is 6.33 Å². The minimum Gasteiger partial charge on any atom is -0.303 e. The van der Waals surface area contributed by atoms with Gasteiger partial charge in [-0.05, 0) is 24.1 Å². The minimum atomic E-state index is 0.213. The Morgan fingerprint density at radius 1 is 1.33 bits per heavy atom. The lowest BCUT2D eigenvalue weighted by molar-refractivity contribution is 0.509. The van der Waals surface area contributed by atoms with Crippen LogP contribution in [-0.2, 0) is 6.54 Å². The molecule has 2 aromatic rings. The largest absolute Gasteiger partial charge is 0.303 e. The van der Waals surface area contributed by atoms with Crippen molar-refractivity contribution in [2.75, 3.05) is 0 Å². The number of aromatic nitrogens is 3. The van der Waals surface area contributed by atoms with E-state index in [1.807, 2.05) is 18.2 Å². The van der Waals surface area contributed by atoms with Crippen LogP contribution >= 0.6 is 23.2 Å². The molecule has 0 saturated heterocycles. The van der Waals surface area contributed by atoms with E-state index in [0.29, 0.717) is 16.6 Å². The zero-order chi connectivity index (χ0) is 13.0. The number of hydrogen-bond donors (Lipinski definition) is 2. The van der Waals surface area contributed by atoms with Gasteiger partial charge in [0.15, 0.2) is 0 Å². The Hall–Kier alpha value is -1.10. The summed E-state index contributed by atoms with van der Waals surface area (Å²) in [7, 11) is 0. The molecule has 2 N–H and O–H groups in total. The van der Waals surface area contributed by atoms with Crippen molar-refractivity contribution in [2.24, 2.45) is 0 Å². The molecule has 0 saturated carbocycles. The molecule has 6 heteroatoms. The van der Waals surface area contributed by atoms with E-state index in [0.717, 1.165) is 17.8 Å². The molecule has 0 amide bonds. The monoisotopic (exact) mass is 284 g/mol. The van der Waals surface area contributed by atoms with Gasteiger partial charge in [-0.25, -0.2) is 4.98 Å². The lowest BCUT2D eigenvalue weighted by Crippen LogP contribution is -2.21. The highest BCUT2D eigenvalue weighted by molar-refractivity contribution is 6.42. The molecular formula is C12H14Cl2N4. The highest BCUT2D eigenvalue weighted by Gasteiger charge is 2.11. The lowest BCUT2D eigenvalue weighted by Gasteiger charge is -2.17. The molecule has 1 unspecified atom stereocenters. The molecule has 1 aromatic carbocycles. The van der Waals surface area contributed by atoms with Crippen LogP contribution in [0.5, 0.6) is 0 Å². The normalized spacial score (nSPS) is 12.6. The molecule has 0 aliphatic rings. The summed E-state index contributed by atoms with van der Waals surface area (Å²) < 4.78 is 0. The molecule has 0 radical (unpaired) electrons. The second-order valence-electron chi connectivity index (χ2n) is 3.95. The summed E-state index contributed by atoms with van der Waals surface area (Å²) >= 11 is 11.9. The van der Waals surface area contributed by atoms with Crippen molar-refractivity contribution < 1.29 is 0 Å². The topological polar surface area (TPSA) is 53.6 Å². The van der Waals surface area contributed by atoms with Crippen molar-refractivity contribution in [3.8, 4) is 0 Å². The second kappa shape index (κ2) is 6.18. The van der Waals surface area contributed by atoms with Crippen LogP contribution in [0.15, 0.2) is 24.5 Å². The number of H-pyrrole nitrogens is 1. The Balaban J connectivity index is 2.05. The van der Waals surface area contributed by atoms with Crippen molar-refractivity contribution in [3.05, 3.63) is 46.0 Å². The fourth-order valence-electron chi connectivity index (χ4n) is 1.76. The van der Waals surface area contributed by atoms with E-state index >= 15 is 0 Å². The van der Waals surface area contributed by atoms with Crippen LogP contribution < -0.4 is 5.32 Å². The molecule has 18 heavy (non-hydrogen) atoms. The number of halogens is 2. The first-order valence-electron chi connectivity index (χ1n) is 5.73. The van der Waals surface area contributed by atoms with E-state index in [1.54, 1.807) is 0 Å². The van der Waals surface area contributed by atoms with E-state index in [2.05, 4.69) is 27.4 Å². The molecule has 0 aliphatic carbocycles. The van der Waals surface area contributed by atoms with Gasteiger partial charge in [0.05, 0.1) is 16.6 Å². The van der Waals surface area contributed by atoms with Gasteiger partial charge in [-0.3, -0.25) is 5.10 Å². The average Bonchev–Trinajstić information content (AvgIpc) is 2.87. The molecule has 0 bridgehead atoms. The second-order valence-corrected chi connectivity index (χ2v) is 4.76. The fraction of sp³-hybridized carbons (Fsp3) is 0.333. The molecule has 0 fully saturated rings. The predicted molar refractivity (Wildman–Crippen MR) is 72.7 cm³/mol. The van der Waals surface area contributed by atoms with Gasteiger partial charge in [0.1, 0.15) is 12.2 Å². The van der Waals surface area contributed by atoms with Gasteiger partial charge in [-0.15, -0.1) is 0 Å². The predicted octanol–water partition coefficient (Wildman–Crippen LogP) is 3.35. The van der Waals surface area contributed by atoms with Gasteiger partial charge >= 0.3 is 0 Å². The minimum absolute atomic E-state index is 0.213. The molecule has 1 atom stereocenters. The Morgan fingerprint density at radius 3 is 2.78 bits per heavy atom. The molecule has 0 spiro atoms. The summed E-state index contributed by atoms with van der Waals surface area (Å²) in [6.07, 6.45) is 2.45. The lowest BCUT2D eigenvalue weighted by atomic mass is 10.0. The van der Waals surface area contributed by atoms with Crippen molar-refractivity contribution in [3.63, 3.8) is 0 Å². The highest BCUT2D eigenvalue weighted by Crippen LogP contribution is 2.26. The van der Waals surface area contributed by atoms with Gasteiger partial charge in [0, 0.05) is 6.04 Å². The number of rotatable bonds is 5. The summed E-state index contributed by atoms with van der Waals surface area (Å²) in [6, 6.07) is 5.91. The van der Waals surface area contributed by atoms with Crippen molar-refractivity contribution in [2.45, 2.75) is 25.9 Å². The SMILES string of the molecule is CCC(NCc1ncn[nH]1)c1ccc(Cl)c(Cl)c1. The van der Waals surface area contributed by atoms with E-state index in [-0.39, 0.29) is 6.04 Å². The van der Waals surface area contributed by atoms with Crippen molar-refractivity contribution in [1.29, 1.82) is 0 Å². The number of nitrogens with one attached hydrogen (secondary N) is 2. The quantitative estimate of drug-likeness (QED) is 0.885. The molecular weight excluding hydrogens is 271 g/mol. The number of aromatic amines is 1. The Morgan fingerprint density at radius 2 is 2.17 bits per heavy atom. The van der Waals surface area contributed by atoms with Crippen LogP contribution in [0.1, 0.15) is 30.8 Å². The summed E-state index contributed by atoms with van der Waals surface area (Å²) in [5, 5.41) is 11.2. The first-order chi connectivity index (χ1) is 8.70. The first-order valence-corrected chi connectivity index (χ1v) is 6.49. The van der Waals surface area contributed by atoms with Gasteiger partial charge < -0.3 is 5.32 Å². The standard InChI is InChI=1S/C12H14Cl2N4/c1-2-11(15-6-12-16-7-17-18-12)8-3-4-9(13)10(14)5-8/h3-5,7,11,15H,2,6H2,1H3,(H,16,17,18). The summed E-state index contributed by atoms with van der Waals surface area (Å²) in [4.78, 5) is 4.07.